The Bertz CT molecular complexity index is 963. The molecule has 1 saturated carbocycles. The SMILES string of the molecule is CC[C@@]12C[C@@](C)(O)[C@](O)(c3ccccc3)C[C@H]1CCc1c(Br)c(O)c(Cl)c(Cl)c12. The highest BCUT2D eigenvalue weighted by Crippen LogP contribution is 2.63. The third-order valence-electron chi connectivity index (χ3n) is 7.39. The van der Waals surface area contributed by atoms with E-state index < -0.39 is 16.6 Å². The van der Waals surface area contributed by atoms with Gasteiger partial charge >= 0.3 is 0 Å². The molecule has 0 heterocycles. The number of aliphatic hydroxyl groups is 2. The highest BCUT2D eigenvalue weighted by molar-refractivity contribution is 9.10. The second kappa shape index (κ2) is 7.13. The summed E-state index contributed by atoms with van der Waals surface area (Å²) >= 11 is 16.6. The maximum atomic E-state index is 11.7. The van der Waals surface area contributed by atoms with Crippen LogP contribution in [0.4, 0.5) is 0 Å². The number of phenols is 1. The van der Waals surface area contributed by atoms with E-state index in [1.165, 1.54) is 0 Å². The molecule has 4 atom stereocenters. The van der Waals surface area contributed by atoms with E-state index in [0.29, 0.717) is 22.3 Å². The van der Waals surface area contributed by atoms with Gasteiger partial charge in [-0.25, -0.2) is 0 Å². The number of phenolic OH excluding ortho intramolecular Hbond substituents is 1. The first-order valence-electron chi connectivity index (χ1n) is 9.98. The standard InChI is InChI=1S/C23H25BrCl2O3/c1-3-22-12-21(2,28)23(29,13-7-5-4-6-8-13)11-14(22)9-10-15-16(22)18(25)19(26)20(27)17(15)24/h4-8,14,27-29H,3,9-12H2,1-2H3/t14-,21-,22-,23-/m1/s1. The minimum absolute atomic E-state index is 0.0384. The first kappa shape index (κ1) is 21.5. The van der Waals surface area contributed by atoms with Crippen LogP contribution in [0.1, 0.15) is 56.2 Å². The Labute approximate surface area is 189 Å². The number of halogens is 3. The molecule has 0 spiro atoms. The van der Waals surface area contributed by atoms with Gasteiger partial charge in [0, 0.05) is 5.41 Å². The summed E-state index contributed by atoms with van der Waals surface area (Å²) in [5.74, 6) is 0.0823. The van der Waals surface area contributed by atoms with Crippen molar-refractivity contribution in [2.24, 2.45) is 5.92 Å². The van der Waals surface area contributed by atoms with Crippen LogP contribution in [-0.4, -0.2) is 20.9 Å². The number of benzene rings is 2. The van der Waals surface area contributed by atoms with E-state index in [4.69, 9.17) is 23.2 Å². The average Bonchev–Trinajstić information content (AvgIpc) is 2.71. The van der Waals surface area contributed by atoms with Crippen molar-refractivity contribution < 1.29 is 15.3 Å². The second-order valence-electron chi connectivity index (χ2n) is 8.77. The van der Waals surface area contributed by atoms with Crippen LogP contribution in [0.3, 0.4) is 0 Å². The molecule has 2 aromatic carbocycles. The summed E-state index contributed by atoms with van der Waals surface area (Å²) in [6.07, 6.45) is 3.09. The van der Waals surface area contributed by atoms with Crippen LogP contribution in [0.5, 0.6) is 5.75 Å². The third-order valence-corrected chi connectivity index (χ3v) is 9.09. The van der Waals surface area contributed by atoms with Crippen molar-refractivity contribution in [3.63, 3.8) is 0 Å². The minimum Gasteiger partial charge on any atom is -0.505 e. The Hall–Kier alpha value is -0.780. The van der Waals surface area contributed by atoms with Gasteiger partial charge in [0.15, 0.2) is 0 Å². The van der Waals surface area contributed by atoms with E-state index in [0.717, 1.165) is 36.0 Å². The zero-order chi connectivity index (χ0) is 21.2. The molecular weight excluding hydrogens is 475 g/mol. The van der Waals surface area contributed by atoms with E-state index in [1.54, 1.807) is 6.92 Å². The molecule has 0 unspecified atom stereocenters. The Morgan fingerprint density at radius 3 is 2.41 bits per heavy atom. The topological polar surface area (TPSA) is 60.7 Å². The number of hydrogen-bond acceptors (Lipinski definition) is 3. The van der Waals surface area contributed by atoms with Crippen LogP contribution in [0.2, 0.25) is 10.0 Å². The van der Waals surface area contributed by atoms with Crippen LogP contribution < -0.4 is 0 Å². The average molecular weight is 500 g/mol. The molecule has 0 radical (unpaired) electrons. The number of aromatic hydroxyl groups is 1. The highest BCUT2D eigenvalue weighted by atomic mass is 79.9. The second-order valence-corrected chi connectivity index (χ2v) is 10.3. The molecule has 3 N–H and O–H groups in total. The molecule has 0 amide bonds. The van der Waals surface area contributed by atoms with Crippen molar-refractivity contribution in [1.29, 1.82) is 0 Å². The van der Waals surface area contributed by atoms with Crippen molar-refractivity contribution in [2.45, 2.75) is 62.6 Å². The van der Waals surface area contributed by atoms with Crippen molar-refractivity contribution in [3.05, 3.63) is 61.5 Å². The fourth-order valence-electron chi connectivity index (χ4n) is 5.85. The van der Waals surface area contributed by atoms with Gasteiger partial charge in [0.2, 0.25) is 0 Å². The number of fused-ring (bicyclic) bond motifs is 3. The van der Waals surface area contributed by atoms with Crippen LogP contribution >= 0.6 is 39.1 Å². The van der Waals surface area contributed by atoms with E-state index >= 15 is 0 Å². The Kier molecular flexibility index (Phi) is 5.28. The van der Waals surface area contributed by atoms with Gasteiger partial charge in [0.1, 0.15) is 16.4 Å². The van der Waals surface area contributed by atoms with E-state index in [1.807, 2.05) is 30.3 Å². The lowest BCUT2D eigenvalue weighted by Gasteiger charge is -2.59. The zero-order valence-electron chi connectivity index (χ0n) is 16.5. The molecule has 4 rings (SSSR count). The van der Waals surface area contributed by atoms with E-state index in [-0.39, 0.29) is 16.7 Å². The molecule has 1 fully saturated rings. The molecule has 2 aliphatic carbocycles. The molecular formula is C23H25BrCl2O3. The van der Waals surface area contributed by atoms with Crippen LogP contribution in [0.25, 0.3) is 0 Å². The summed E-state index contributed by atoms with van der Waals surface area (Å²) in [5.41, 5.74) is -0.556. The maximum Gasteiger partial charge on any atom is 0.150 e. The van der Waals surface area contributed by atoms with Gasteiger partial charge in [0.05, 0.1) is 15.1 Å². The molecule has 2 aliphatic rings. The molecule has 156 valence electrons. The molecule has 0 bridgehead atoms. The Balaban J connectivity index is 1.92. The summed E-state index contributed by atoms with van der Waals surface area (Å²) in [6, 6.07) is 9.43. The van der Waals surface area contributed by atoms with E-state index in [2.05, 4.69) is 22.9 Å². The number of rotatable bonds is 2. The lowest BCUT2D eigenvalue weighted by atomic mass is 9.49. The lowest BCUT2D eigenvalue weighted by Crippen LogP contribution is -2.62. The highest BCUT2D eigenvalue weighted by Gasteiger charge is 2.61. The molecule has 2 aromatic rings. The first-order valence-corrected chi connectivity index (χ1v) is 11.5. The monoisotopic (exact) mass is 498 g/mol. The Morgan fingerprint density at radius 2 is 1.79 bits per heavy atom. The van der Waals surface area contributed by atoms with Crippen molar-refractivity contribution >= 4 is 39.1 Å². The molecule has 6 heteroatoms. The van der Waals surface area contributed by atoms with Gasteiger partial charge in [-0.1, -0.05) is 60.5 Å². The molecule has 0 aliphatic heterocycles. The van der Waals surface area contributed by atoms with Gasteiger partial charge in [0.25, 0.3) is 0 Å². The Morgan fingerprint density at radius 1 is 1.14 bits per heavy atom. The summed E-state index contributed by atoms with van der Waals surface area (Å²) in [6.45, 7) is 3.81. The summed E-state index contributed by atoms with van der Waals surface area (Å²) in [5, 5.41) is 34.2. The van der Waals surface area contributed by atoms with Crippen molar-refractivity contribution in [1.82, 2.24) is 0 Å². The summed E-state index contributed by atoms with van der Waals surface area (Å²) < 4.78 is 0.580. The van der Waals surface area contributed by atoms with Crippen LogP contribution in [0, 0.1) is 5.92 Å². The summed E-state index contributed by atoms with van der Waals surface area (Å²) in [7, 11) is 0. The zero-order valence-corrected chi connectivity index (χ0v) is 19.6. The van der Waals surface area contributed by atoms with Gasteiger partial charge < -0.3 is 15.3 Å². The molecule has 29 heavy (non-hydrogen) atoms. The van der Waals surface area contributed by atoms with Gasteiger partial charge in [-0.15, -0.1) is 0 Å². The third kappa shape index (κ3) is 2.90. The largest absolute Gasteiger partial charge is 0.505 e. The first-order chi connectivity index (χ1) is 13.6. The predicted octanol–water partition coefficient (Wildman–Crippen LogP) is 6.10. The fraction of sp³-hybridized carbons (Fsp3) is 0.478. The van der Waals surface area contributed by atoms with Crippen molar-refractivity contribution in [3.8, 4) is 5.75 Å². The fourth-order valence-corrected chi connectivity index (χ4v) is 7.14. The van der Waals surface area contributed by atoms with Crippen molar-refractivity contribution in [2.75, 3.05) is 0 Å². The maximum absolute atomic E-state index is 11.7. The summed E-state index contributed by atoms with van der Waals surface area (Å²) in [4.78, 5) is 0. The van der Waals surface area contributed by atoms with Gasteiger partial charge in [-0.3, -0.25) is 0 Å². The molecule has 0 saturated heterocycles. The molecule has 3 nitrogen and oxygen atoms in total. The van der Waals surface area contributed by atoms with Gasteiger partial charge in [-0.2, -0.15) is 0 Å². The van der Waals surface area contributed by atoms with Gasteiger partial charge in [-0.05, 0) is 77.6 Å². The smallest absolute Gasteiger partial charge is 0.150 e. The van der Waals surface area contributed by atoms with E-state index in [9.17, 15) is 15.3 Å². The van der Waals surface area contributed by atoms with Crippen LogP contribution in [0.15, 0.2) is 34.8 Å². The lowest BCUT2D eigenvalue weighted by molar-refractivity contribution is -0.205. The predicted molar refractivity (Wildman–Crippen MR) is 120 cm³/mol. The number of hydrogen-bond donors (Lipinski definition) is 3. The quantitative estimate of drug-likeness (QED) is 0.437. The van der Waals surface area contributed by atoms with Crippen LogP contribution in [-0.2, 0) is 17.4 Å². The minimum atomic E-state index is -1.37. The molecule has 0 aromatic heterocycles. The normalized spacial score (nSPS) is 33.8.